The normalized spacial score (nSPS) is 11.5. The number of anilines is 1. The van der Waals surface area contributed by atoms with Crippen molar-refractivity contribution in [3.63, 3.8) is 0 Å². The molecular formula is C11H11N3O4S. The van der Waals surface area contributed by atoms with Crippen molar-refractivity contribution < 1.29 is 17.9 Å². The van der Waals surface area contributed by atoms with Gasteiger partial charge in [0.1, 0.15) is 6.07 Å². The van der Waals surface area contributed by atoms with Crippen molar-refractivity contribution in [1.82, 2.24) is 0 Å². The Morgan fingerprint density at radius 1 is 1.42 bits per heavy atom. The fraction of sp³-hybridized carbons (Fsp3) is 0.0909. The molecule has 0 saturated heterocycles. The Labute approximate surface area is 110 Å². The standard InChI is InChI=1S/C11H11N3O4S/c1-18-11(15)8(6-12)7-14-9-2-4-10(5-3-9)19(13,16)17/h2-5,7,14H,1H3,(H2,13,16,17)/b8-7-. The van der Waals surface area contributed by atoms with Gasteiger partial charge in [0, 0.05) is 11.9 Å². The predicted molar refractivity (Wildman–Crippen MR) is 67.1 cm³/mol. The second-order valence-electron chi connectivity index (χ2n) is 3.38. The summed E-state index contributed by atoms with van der Waals surface area (Å²) in [5.41, 5.74) is 0.280. The molecule has 1 aromatic rings. The number of nitrogens with zero attached hydrogens (tertiary/aromatic N) is 1. The summed E-state index contributed by atoms with van der Waals surface area (Å²) in [6, 6.07) is 7.16. The van der Waals surface area contributed by atoms with Gasteiger partial charge in [-0.15, -0.1) is 0 Å². The van der Waals surface area contributed by atoms with Gasteiger partial charge in [0.25, 0.3) is 0 Å². The fourth-order valence-corrected chi connectivity index (χ4v) is 1.66. The number of nitrogens with one attached hydrogen (secondary N) is 1. The van der Waals surface area contributed by atoms with E-state index in [0.29, 0.717) is 5.69 Å². The third-order valence-corrected chi connectivity index (χ3v) is 3.02. The van der Waals surface area contributed by atoms with Gasteiger partial charge in [-0.1, -0.05) is 0 Å². The molecule has 8 heteroatoms. The van der Waals surface area contributed by atoms with E-state index in [0.717, 1.165) is 13.3 Å². The number of hydrogen-bond acceptors (Lipinski definition) is 6. The highest BCUT2D eigenvalue weighted by atomic mass is 32.2. The van der Waals surface area contributed by atoms with Gasteiger partial charge in [-0.05, 0) is 24.3 Å². The molecule has 3 N–H and O–H groups in total. The van der Waals surface area contributed by atoms with Gasteiger partial charge < -0.3 is 10.1 Å². The molecule has 0 aliphatic carbocycles. The number of esters is 1. The first-order chi connectivity index (χ1) is 8.88. The van der Waals surface area contributed by atoms with Crippen LogP contribution in [0.4, 0.5) is 5.69 Å². The number of benzene rings is 1. The Kier molecular flexibility index (Phi) is 4.63. The Balaban J connectivity index is 2.88. The number of carbonyl (C=O) groups is 1. The third kappa shape index (κ3) is 4.09. The number of sulfonamides is 1. The molecule has 0 aliphatic rings. The van der Waals surface area contributed by atoms with E-state index in [9.17, 15) is 13.2 Å². The van der Waals surface area contributed by atoms with Crippen molar-refractivity contribution >= 4 is 21.7 Å². The monoisotopic (exact) mass is 281 g/mol. The number of ether oxygens (including phenoxy) is 1. The highest BCUT2D eigenvalue weighted by Gasteiger charge is 2.09. The molecule has 1 rings (SSSR count). The summed E-state index contributed by atoms with van der Waals surface area (Å²) in [7, 11) is -2.58. The van der Waals surface area contributed by atoms with Crippen LogP contribution in [0.3, 0.4) is 0 Å². The molecule has 0 spiro atoms. The molecule has 7 nitrogen and oxygen atoms in total. The molecule has 19 heavy (non-hydrogen) atoms. The molecule has 0 unspecified atom stereocenters. The molecule has 0 fully saturated rings. The van der Waals surface area contributed by atoms with E-state index in [1.165, 1.54) is 24.3 Å². The average Bonchev–Trinajstić information content (AvgIpc) is 2.38. The van der Waals surface area contributed by atoms with Crippen LogP contribution in [0.25, 0.3) is 0 Å². The second kappa shape index (κ2) is 5.99. The topological polar surface area (TPSA) is 122 Å². The van der Waals surface area contributed by atoms with Gasteiger partial charge >= 0.3 is 5.97 Å². The number of methoxy groups -OCH3 is 1. The van der Waals surface area contributed by atoms with Crippen LogP contribution in [0.2, 0.25) is 0 Å². The van der Waals surface area contributed by atoms with Crippen LogP contribution < -0.4 is 10.5 Å². The van der Waals surface area contributed by atoms with Crippen LogP contribution >= 0.6 is 0 Å². The molecule has 0 aliphatic heterocycles. The lowest BCUT2D eigenvalue weighted by Gasteiger charge is -2.03. The van der Waals surface area contributed by atoms with Gasteiger partial charge in [0.2, 0.25) is 10.0 Å². The third-order valence-electron chi connectivity index (χ3n) is 2.09. The molecule has 0 bridgehead atoms. The summed E-state index contributed by atoms with van der Waals surface area (Å²) in [6.07, 6.45) is 1.16. The van der Waals surface area contributed by atoms with E-state index in [4.69, 9.17) is 10.4 Å². The first-order valence-corrected chi connectivity index (χ1v) is 6.51. The summed E-state index contributed by atoms with van der Waals surface area (Å²) >= 11 is 0. The summed E-state index contributed by atoms with van der Waals surface area (Å²) < 4.78 is 26.4. The lowest BCUT2D eigenvalue weighted by atomic mass is 10.3. The van der Waals surface area contributed by atoms with Crippen molar-refractivity contribution in [3.8, 4) is 6.07 Å². The largest absolute Gasteiger partial charge is 0.465 e. The number of rotatable bonds is 4. The first kappa shape index (κ1) is 14.7. The summed E-state index contributed by atoms with van der Waals surface area (Å²) in [5.74, 6) is -0.767. The molecule has 0 saturated carbocycles. The van der Waals surface area contributed by atoms with E-state index in [1.54, 1.807) is 6.07 Å². The SMILES string of the molecule is COC(=O)/C(C#N)=C\Nc1ccc(S(N)(=O)=O)cc1. The Hall–Kier alpha value is -2.37. The minimum atomic E-state index is -3.74. The van der Waals surface area contributed by atoms with Gasteiger partial charge in [0.15, 0.2) is 5.57 Å². The lowest BCUT2D eigenvalue weighted by Crippen LogP contribution is -2.11. The zero-order valence-corrected chi connectivity index (χ0v) is 10.8. The summed E-state index contributed by atoms with van der Waals surface area (Å²) in [4.78, 5) is 11.1. The van der Waals surface area contributed by atoms with Gasteiger partial charge in [0.05, 0.1) is 12.0 Å². The van der Waals surface area contributed by atoms with Crippen LogP contribution in [0.5, 0.6) is 0 Å². The van der Waals surface area contributed by atoms with Crippen molar-refractivity contribution in [2.75, 3.05) is 12.4 Å². The van der Waals surface area contributed by atoms with Crippen molar-refractivity contribution in [2.24, 2.45) is 5.14 Å². The highest BCUT2D eigenvalue weighted by molar-refractivity contribution is 7.89. The molecule has 100 valence electrons. The van der Waals surface area contributed by atoms with Crippen LogP contribution in [0.1, 0.15) is 0 Å². The first-order valence-electron chi connectivity index (χ1n) is 4.96. The summed E-state index contributed by atoms with van der Waals surface area (Å²) in [6.45, 7) is 0. The molecule has 0 radical (unpaired) electrons. The number of nitrogens with two attached hydrogens (primary N) is 1. The van der Waals surface area contributed by atoms with E-state index < -0.39 is 16.0 Å². The number of primary sulfonamides is 1. The number of carbonyl (C=O) groups excluding carboxylic acids is 1. The molecular weight excluding hydrogens is 270 g/mol. The molecule has 0 amide bonds. The number of nitriles is 1. The van der Waals surface area contributed by atoms with Gasteiger partial charge in [-0.3, -0.25) is 0 Å². The van der Waals surface area contributed by atoms with Crippen LogP contribution in [-0.2, 0) is 19.6 Å². The summed E-state index contributed by atoms with van der Waals surface area (Å²) in [5, 5.41) is 16.3. The number of hydrogen-bond donors (Lipinski definition) is 2. The second-order valence-corrected chi connectivity index (χ2v) is 4.94. The van der Waals surface area contributed by atoms with Crippen LogP contribution in [0, 0.1) is 11.3 Å². The van der Waals surface area contributed by atoms with Gasteiger partial charge in [-0.25, -0.2) is 18.4 Å². The zero-order valence-electron chi connectivity index (χ0n) is 9.95. The quantitative estimate of drug-likeness (QED) is 0.465. The molecule has 0 heterocycles. The maximum Gasteiger partial charge on any atom is 0.350 e. The van der Waals surface area contributed by atoms with E-state index in [-0.39, 0.29) is 10.5 Å². The minimum Gasteiger partial charge on any atom is -0.465 e. The molecule has 0 atom stereocenters. The Morgan fingerprint density at radius 2 is 2.00 bits per heavy atom. The van der Waals surface area contributed by atoms with E-state index >= 15 is 0 Å². The van der Waals surface area contributed by atoms with Crippen molar-refractivity contribution in [1.29, 1.82) is 5.26 Å². The van der Waals surface area contributed by atoms with E-state index in [1.807, 2.05) is 0 Å². The highest BCUT2D eigenvalue weighted by Crippen LogP contribution is 2.13. The maximum atomic E-state index is 11.1. The average molecular weight is 281 g/mol. The lowest BCUT2D eigenvalue weighted by molar-refractivity contribution is -0.135. The predicted octanol–water partition coefficient (Wildman–Crippen LogP) is 0.326. The van der Waals surface area contributed by atoms with Gasteiger partial charge in [-0.2, -0.15) is 5.26 Å². The van der Waals surface area contributed by atoms with Crippen molar-refractivity contribution in [3.05, 3.63) is 36.0 Å². The van der Waals surface area contributed by atoms with Crippen LogP contribution in [0.15, 0.2) is 40.9 Å². The van der Waals surface area contributed by atoms with Crippen LogP contribution in [-0.4, -0.2) is 21.5 Å². The maximum absolute atomic E-state index is 11.1. The minimum absolute atomic E-state index is 0.0319. The Morgan fingerprint density at radius 3 is 2.42 bits per heavy atom. The zero-order chi connectivity index (χ0) is 14.5. The smallest absolute Gasteiger partial charge is 0.350 e. The Bertz CT molecular complexity index is 642. The van der Waals surface area contributed by atoms with Crippen molar-refractivity contribution in [2.45, 2.75) is 4.90 Å². The fourth-order valence-electron chi connectivity index (χ4n) is 1.14. The molecule has 0 aromatic heterocycles. The van der Waals surface area contributed by atoms with E-state index in [2.05, 4.69) is 10.1 Å². The molecule has 1 aromatic carbocycles.